The first-order valence-corrected chi connectivity index (χ1v) is 4.95. The molecule has 0 saturated carbocycles. The molecule has 15 heavy (non-hydrogen) atoms. The van der Waals surface area contributed by atoms with Gasteiger partial charge in [0.2, 0.25) is 0 Å². The third kappa shape index (κ3) is 1.05. The Hall–Kier alpha value is -1.96. The molecule has 0 saturated heterocycles. The Bertz CT molecular complexity index is 652. The zero-order valence-electron chi connectivity index (χ0n) is 8.40. The largest absolute Gasteiger partial charge is 0.805 e. The van der Waals surface area contributed by atoms with Crippen LogP contribution < -0.4 is 0 Å². The lowest BCUT2D eigenvalue weighted by molar-refractivity contribution is 1.21. The monoisotopic (exact) mass is 196 g/mol. The van der Waals surface area contributed by atoms with Crippen molar-refractivity contribution >= 4 is 21.8 Å². The third-order valence-electron chi connectivity index (χ3n) is 2.78. The Morgan fingerprint density at radius 2 is 1.67 bits per heavy atom. The molecule has 2 heteroatoms. The highest BCUT2D eigenvalue weighted by Gasteiger charge is 2.04. The first-order chi connectivity index (χ1) is 7.27. The van der Waals surface area contributed by atoms with Crippen molar-refractivity contribution < 1.29 is 0 Å². The average Bonchev–Trinajstić information content (AvgIpc) is 2.54. The summed E-state index contributed by atoms with van der Waals surface area (Å²) in [5, 5.41) is 14.0. The quantitative estimate of drug-likeness (QED) is 0.541. The highest BCUT2D eigenvalue weighted by molar-refractivity contribution is 6.08. The smallest absolute Gasteiger partial charge is 0.0444 e. The van der Waals surface area contributed by atoms with Gasteiger partial charge >= 0.3 is 0 Å². The van der Waals surface area contributed by atoms with Crippen molar-refractivity contribution in [3.8, 4) is 0 Å². The standard InChI is InChI=1S/C13H10NO/c1-9-6-7-13-11(8-9)10-4-2-3-5-12(10)14(13)15/h2-8H,1H3/q-1. The van der Waals surface area contributed by atoms with Gasteiger partial charge in [-0.25, -0.2) is 0 Å². The Morgan fingerprint density at radius 1 is 0.933 bits per heavy atom. The maximum atomic E-state index is 11.9. The summed E-state index contributed by atoms with van der Waals surface area (Å²) in [5.41, 5.74) is 2.68. The van der Waals surface area contributed by atoms with Gasteiger partial charge in [0.1, 0.15) is 0 Å². The van der Waals surface area contributed by atoms with Crippen LogP contribution in [0.3, 0.4) is 0 Å². The number of hydrogen-bond acceptors (Lipinski definition) is 1. The van der Waals surface area contributed by atoms with Crippen LogP contribution in [0.15, 0.2) is 42.5 Å². The van der Waals surface area contributed by atoms with E-state index < -0.39 is 0 Å². The number of aromatic nitrogens is 1. The van der Waals surface area contributed by atoms with Gasteiger partial charge in [-0.1, -0.05) is 29.8 Å². The van der Waals surface area contributed by atoms with E-state index in [0.717, 1.165) is 26.5 Å². The number of fused-ring (bicyclic) bond motifs is 3. The number of hydrogen-bond donors (Lipinski definition) is 0. The van der Waals surface area contributed by atoms with Gasteiger partial charge in [0.15, 0.2) is 0 Å². The normalized spacial score (nSPS) is 11.3. The van der Waals surface area contributed by atoms with Crippen LogP contribution in [0.2, 0.25) is 0 Å². The van der Waals surface area contributed by atoms with Crippen molar-refractivity contribution in [3.63, 3.8) is 0 Å². The molecule has 3 aromatic rings. The summed E-state index contributed by atoms with van der Waals surface area (Å²) in [4.78, 5) is 0. The van der Waals surface area contributed by atoms with E-state index in [0.29, 0.717) is 0 Å². The Kier molecular flexibility index (Phi) is 1.54. The fraction of sp³-hybridized carbons (Fsp3) is 0.0769. The number of aryl methyl sites for hydroxylation is 1. The molecule has 0 radical (unpaired) electrons. The molecule has 0 amide bonds. The lowest BCUT2D eigenvalue weighted by Crippen LogP contribution is -1.83. The zero-order valence-corrected chi connectivity index (χ0v) is 8.40. The second kappa shape index (κ2) is 2.76. The highest BCUT2D eigenvalue weighted by atomic mass is 16.5. The van der Waals surface area contributed by atoms with E-state index in [4.69, 9.17) is 0 Å². The maximum absolute atomic E-state index is 11.9. The molecular weight excluding hydrogens is 186 g/mol. The summed E-state index contributed by atoms with van der Waals surface area (Å²) in [6.45, 7) is 2.04. The molecule has 2 nitrogen and oxygen atoms in total. The predicted molar refractivity (Wildman–Crippen MR) is 62.9 cm³/mol. The van der Waals surface area contributed by atoms with Crippen LogP contribution in [0.5, 0.6) is 0 Å². The minimum Gasteiger partial charge on any atom is -0.805 e. The summed E-state index contributed by atoms with van der Waals surface area (Å²) in [6, 6.07) is 13.6. The number of para-hydroxylation sites is 1. The molecule has 0 aliphatic rings. The van der Waals surface area contributed by atoms with E-state index >= 15 is 0 Å². The van der Waals surface area contributed by atoms with Crippen LogP contribution in [0.25, 0.3) is 21.8 Å². The van der Waals surface area contributed by atoms with Crippen molar-refractivity contribution in [1.82, 2.24) is 4.73 Å². The number of nitrogens with zero attached hydrogens (tertiary/aromatic N) is 1. The number of rotatable bonds is 0. The van der Waals surface area contributed by atoms with Crippen LogP contribution >= 0.6 is 0 Å². The van der Waals surface area contributed by atoms with Gasteiger partial charge < -0.3 is 9.94 Å². The second-order valence-corrected chi connectivity index (χ2v) is 3.83. The van der Waals surface area contributed by atoms with Crippen molar-refractivity contribution in [3.05, 3.63) is 53.2 Å². The van der Waals surface area contributed by atoms with Crippen molar-refractivity contribution in [1.29, 1.82) is 0 Å². The summed E-state index contributed by atoms with van der Waals surface area (Å²) in [5.74, 6) is 0. The molecule has 0 N–H and O–H groups in total. The first-order valence-electron chi connectivity index (χ1n) is 4.95. The summed E-state index contributed by atoms with van der Waals surface area (Å²) in [7, 11) is 0. The van der Waals surface area contributed by atoms with E-state index in [9.17, 15) is 5.21 Å². The van der Waals surface area contributed by atoms with Crippen molar-refractivity contribution in [2.24, 2.45) is 0 Å². The first kappa shape index (κ1) is 8.36. The topological polar surface area (TPSA) is 28.0 Å². The van der Waals surface area contributed by atoms with E-state index in [-0.39, 0.29) is 0 Å². The van der Waals surface area contributed by atoms with Gasteiger partial charge in [-0.3, -0.25) is 0 Å². The molecule has 0 spiro atoms. The van der Waals surface area contributed by atoms with E-state index in [2.05, 4.69) is 6.07 Å². The lowest BCUT2D eigenvalue weighted by atomic mass is 10.1. The van der Waals surface area contributed by atoms with Gasteiger partial charge in [0.25, 0.3) is 0 Å². The molecule has 0 bridgehead atoms. The fourth-order valence-corrected chi connectivity index (χ4v) is 2.05. The van der Waals surface area contributed by atoms with Gasteiger partial charge in [-0.05, 0) is 25.1 Å². The lowest BCUT2D eigenvalue weighted by Gasteiger charge is -2.09. The third-order valence-corrected chi connectivity index (χ3v) is 2.78. The van der Waals surface area contributed by atoms with Crippen molar-refractivity contribution in [2.75, 3.05) is 0 Å². The molecule has 0 aliphatic heterocycles. The molecule has 3 rings (SSSR count). The SMILES string of the molecule is Cc1ccc2c(c1)c1ccccc1n2[O-]. The average molecular weight is 196 g/mol. The van der Waals surface area contributed by atoms with Crippen LogP contribution in [0, 0.1) is 12.1 Å². The minimum absolute atomic E-state index is 0.748. The van der Waals surface area contributed by atoms with Gasteiger partial charge in [-0.15, -0.1) is 0 Å². The number of benzene rings is 2. The molecule has 74 valence electrons. The summed E-state index contributed by atoms with van der Waals surface area (Å²) in [6.07, 6.45) is 0. The van der Waals surface area contributed by atoms with Crippen LogP contribution in [-0.2, 0) is 0 Å². The minimum atomic E-state index is 0.748. The van der Waals surface area contributed by atoms with Gasteiger partial charge in [0, 0.05) is 21.8 Å². The van der Waals surface area contributed by atoms with Crippen molar-refractivity contribution in [2.45, 2.75) is 6.92 Å². The molecule has 0 unspecified atom stereocenters. The van der Waals surface area contributed by atoms with Crippen LogP contribution in [0.1, 0.15) is 5.56 Å². The Morgan fingerprint density at radius 3 is 2.53 bits per heavy atom. The van der Waals surface area contributed by atoms with Gasteiger partial charge in [0.05, 0.1) is 0 Å². The molecule has 0 fully saturated rings. The van der Waals surface area contributed by atoms with E-state index in [1.54, 1.807) is 0 Å². The summed E-state index contributed by atoms with van der Waals surface area (Å²) < 4.78 is 1.00. The Labute approximate surface area is 87.3 Å². The van der Waals surface area contributed by atoms with Crippen LogP contribution in [0.4, 0.5) is 0 Å². The Balaban J connectivity index is 2.64. The fourth-order valence-electron chi connectivity index (χ4n) is 2.05. The molecule has 1 heterocycles. The molecule has 2 aromatic carbocycles. The summed E-state index contributed by atoms with van der Waals surface area (Å²) >= 11 is 0. The van der Waals surface area contributed by atoms with E-state index in [1.807, 2.05) is 43.3 Å². The molecule has 1 aromatic heterocycles. The van der Waals surface area contributed by atoms with Crippen LogP contribution in [-0.4, -0.2) is 4.73 Å². The molecule has 0 atom stereocenters. The molecule has 0 aliphatic carbocycles. The van der Waals surface area contributed by atoms with Gasteiger partial charge in [-0.2, -0.15) is 0 Å². The molecular formula is C13H10NO-. The van der Waals surface area contributed by atoms with E-state index in [1.165, 1.54) is 5.56 Å². The maximum Gasteiger partial charge on any atom is 0.0444 e. The predicted octanol–water partition coefficient (Wildman–Crippen LogP) is 3.45. The zero-order chi connectivity index (χ0) is 10.4. The second-order valence-electron chi connectivity index (χ2n) is 3.83. The highest BCUT2D eigenvalue weighted by Crippen LogP contribution is 2.28.